The molecule has 9 atom stereocenters. The summed E-state index contributed by atoms with van der Waals surface area (Å²) in [5.74, 6) is 1.85. The summed E-state index contributed by atoms with van der Waals surface area (Å²) in [7, 11) is 1.57. The molecule has 0 aromatic heterocycles. The molecule has 3 nitrogen and oxygen atoms in total. The van der Waals surface area contributed by atoms with Crippen LogP contribution in [0.15, 0.2) is 42.0 Å². The summed E-state index contributed by atoms with van der Waals surface area (Å²) in [6.07, 6.45) is 14.9. The summed E-state index contributed by atoms with van der Waals surface area (Å²) in [6.45, 7) is 18.4. The number of fused-ring (bicyclic) bond motifs is 7. The number of allylic oxidation sites excluding steroid dienone is 2. The van der Waals surface area contributed by atoms with Crippen molar-refractivity contribution in [2.75, 3.05) is 7.11 Å². The average molecular weight is 561 g/mol. The minimum absolute atomic E-state index is 0.00572. The van der Waals surface area contributed by atoms with Crippen LogP contribution in [0.5, 0.6) is 0 Å². The van der Waals surface area contributed by atoms with Gasteiger partial charge in [-0.15, -0.1) is 0 Å². The first-order valence-electron chi connectivity index (χ1n) is 16.7. The van der Waals surface area contributed by atoms with Crippen molar-refractivity contribution >= 4 is 5.97 Å². The van der Waals surface area contributed by atoms with E-state index < -0.39 is 0 Å². The van der Waals surface area contributed by atoms with Crippen molar-refractivity contribution in [3.05, 3.63) is 47.5 Å². The molecule has 0 bridgehead atoms. The second-order valence-electron chi connectivity index (χ2n) is 16.9. The summed E-state index contributed by atoms with van der Waals surface area (Å²) >= 11 is 0. The number of hydrogen-bond acceptors (Lipinski definition) is 3. The van der Waals surface area contributed by atoms with Gasteiger partial charge in [-0.25, -0.2) is 0 Å². The van der Waals surface area contributed by atoms with Crippen LogP contribution >= 0.6 is 0 Å². The quantitative estimate of drug-likeness (QED) is 0.272. The molecular weight excluding hydrogens is 504 g/mol. The maximum Gasteiger partial charge on any atom is 0.311 e. The van der Waals surface area contributed by atoms with Gasteiger partial charge in [0, 0.05) is 0 Å². The third-order valence-corrected chi connectivity index (χ3v) is 14.7. The van der Waals surface area contributed by atoms with Crippen LogP contribution < -0.4 is 0 Å². The molecule has 0 heterocycles. The molecule has 0 spiro atoms. The van der Waals surface area contributed by atoms with Gasteiger partial charge in [0.1, 0.15) is 0 Å². The molecule has 0 N–H and O–H groups in total. The predicted molar refractivity (Wildman–Crippen MR) is 166 cm³/mol. The molecule has 6 rings (SSSR count). The molecule has 41 heavy (non-hydrogen) atoms. The van der Waals surface area contributed by atoms with E-state index in [0.29, 0.717) is 41.3 Å². The lowest BCUT2D eigenvalue weighted by molar-refractivity contribution is -0.213. The van der Waals surface area contributed by atoms with E-state index in [-0.39, 0.29) is 27.6 Å². The smallest absolute Gasteiger partial charge is 0.311 e. The van der Waals surface area contributed by atoms with Crippen LogP contribution in [0.25, 0.3) is 0 Å². The van der Waals surface area contributed by atoms with Crippen LogP contribution in [0.2, 0.25) is 0 Å². The van der Waals surface area contributed by atoms with Gasteiger partial charge in [-0.05, 0) is 122 Å². The normalized spacial score (nSPS) is 46.7. The van der Waals surface area contributed by atoms with Crippen molar-refractivity contribution in [2.45, 2.75) is 125 Å². The summed E-state index contributed by atoms with van der Waals surface area (Å²) < 4.78 is 12.1. The lowest BCUT2D eigenvalue weighted by Gasteiger charge is -2.71. The summed E-state index contributed by atoms with van der Waals surface area (Å²) in [5, 5.41) is 0. The Morgan fingerprint density at radius 3 is 2.27 bits per heavy atom. The molecule has 0 unspecified atom stereocenters. The number of carbonyl (C=O) groups is 1. The Kier molecular flexibility index (Phi) is 6.97. The monoisotopic (exact) mass is 560 g/mol. The highest BCUT2D eigenvalue weighted by Crippen LogP contribution is 2.75. The third kappa shape index (κ3) is 4.17. The van der Waals surface area contributed by atoms with Crippen LogP contribution in [-0.4, -0.2) is 19.2 Å². The number of ether oxygens (including phenoxy) is 2. The van der Waals surface area contributed by atoms with E-state index in [4.69, 9.17) is 9.47 Å². The van der Waals surface area contributed by atoms with Crippen molar-refractivity contribution in [3.63, 3.8) is 0 Å². The zero-order valence-corrected chi connectivity index (χ0v) is 27.3. The zero-order valence-electron chi connectivity index (χ0n) is 27.3. The van der Waals surface area contributed by atoms with Gasteiger partial charge in [0.2, 0.25) is 0 Å². The molecule has 1 aromatic rings. The molecule has 3 heteroatoms. The molecule has 4 saturated carbocycles. The van der Waals surface area contributed by atoms with Crippen molar-refractivity contribution in [1.29, 1.82) is 0 Å². The summed E-state index contributed by atoms with van der Waals surface area (Å²) in [6, 6.07) is 10.7. The van der Waals surface area contributed by atoms with Crippen molar-refractivity contribution in [2.24, 2.45) is 50.2 Å². The molecule has 1 aromatic carbocycles. The molecule has 4 fully saturated rings. The Balaban J connectivity index is 1.29. The van der Waals surface area contributed by atoms with Crippen LogP contribution in [0.1, 0.15) is 118 Å². The van der Waals surface area contributed by atoms with E-state index in [1.807, 2.05) is 0 Å². The Morgan fingerprint density at radius 2 is 1.56 bits per heavy atom. The van der Waals surface area contributed by atoms with Crippen molar-refractivity contribution in [3.8, 4) is 0 Å². The summed E-state index contributed by atoms with van der Waals surface area (Å²) in [4.78, 5) is 13.0. The van der Waals surface area contributed by atoms with Crippen molar-refractivity contribution in [1.82, 2.24) is 0 Å². The molecule has 0 aliphatic heterocycles. The fourth-order valence-corrected chi connectivity index (χ4v) is 11.8. The Bertz CT molecular complexity index is 1200. The van der Waals surface area contributed by atoms with Gasteiger partial charge < -0.3 is 9.47 Å². The van der Waals surface area contributed by atoms with Crippen LogP contribution in [0.4, 0.5) is 0 Å². The summed E-state index contributed by atoms with van der Waals surface area (Å²) in [5.41, 5.74) is 3.90. The minimum Gasteiger partial charge on any atom is -0.469 e. The first kappa shape index (κ1) is 29.5. The zero-order chi connectivity index (χ0) is 29.5. The van der Waals surface area contributed by atoms with E-state index in [1.165, 1.54) is 44.1 Å². The van der Waals surface area contributed by atoms with E-state index >= 15 is 0 Å². The Labute approximate surface area is 250 Å². The molecule has 5 aliphatic rings. The first-order chi connectivity index (χ1) is 19.2. The standard InChI is InChI=1S/C38H56O3/c1-33(2)29-16-19-38(7)30(36(29,5)18-17-31(33)41-25-26-12-10-9-11-13-26)15-14-27-28-24-35(4,32(39)40-8)21-20-34(28,3)22-23-37(27,38)6/h9-14,28-31H,15-25H2,1-8H3/t28-,29-,30+,31-,34+,35-,36-,37+,38+/m0/s1. The number of rotatable bonds is 4. The second-order valence-corrected chi connectivity index (χ2v) is 16.9. The largest absolute Gasteiger partial charge is 0.469 e. The van der Waals surface area contributed by atoms with Gasteiger partial charge in [0.15, 0.2) is 0 Å². The van der Waals surface area contributed by atoms with Crippen LogP contribution in [0.3, 0.4) is 0 Å². The Hall–Kier alpha value is -1.61. The maximum absolute atomic E-state index is 13.0. The molecule has 5 aliphatic carbocycles. The topological polar surface area (TPSA) is 35.5 Å². The highest BCUT2D eigenvalue weighted by atomic mass is 16.5. The first-order valence-corrected chi connectivity index (χ1v) is 16.7. The lowest BCUT2D eigenvalue weighted by atomic mass is 9.33. The second kappa shape index (κ2) is 9.70. The van der Waals surface area contributed by atoms with Gasteiger partial charge in [0.25, 0.3) is 0 Å². The fraction of sp³-hybridized carbons (Fsp3) is 0.763. The molecular formula is C38H56O3. The van der Waals surface area contributed by atoms with Crippen LogP contribution in [-0.2, 0) is 20.9 Å². The Morgan fingerprint density at radius 1 is 0.854 bits per heavy atom. The SMILES string of the molecule is COC(=O)[C@@]1(C)CC[C@]2(C)CC[C@]3(C)C(=CC[C@@H]4[C@@]5(C)CC[C@H](OCc6ccccc6)C(C)(C)[C@@H]5CC[C@]43C)[C@@H]2C1. The van der Waals surface area contributed by atoms with E-state index in [1.54, 1.807) is 12.7 Å². The number of methoxy groups -OCH3 is 1. The molecule has 0 amide bonds. The number of carbonyl (C=O) groups excluding carboxylic acids is 1. The highest BCUT2D eigenvalue weighted by Gasteiger charge is 2.68. The molecule has 0 saturated heterocycles. The van der Waals surface area contributed by atoms with Gasteiger partial charge in [-0.2, -0.15) is 0 Å². The molecule has 226 valence electrons. The van der Waals surface area contributed by atoms with Gasteiger partial charge in [-0.1, -0.05) is 83.5 Å². The third-order valence-electron chi connectivity index (χ3n) is 14.7. The highest BCUT2D eigenvalue weighted by molar-refractivity contribution is 5.76. The number of benzene rings is 1. The van der Waals surface area contributed by atoms with Crippen LogP contribution in [0, 0.1) is 50.2 Å². The van der Waals surface area contributed by atoms with Gasteiger partial charge in [0.05, 0.1) is 25.2 Å². The van der Waals surface area contributed by atoms with Crippen molar-refractivity contribution < 1.29 is 14.3 Å². The van der Waals surface area contributed by atoms with Gasteiger partial charge in [-0.3, -0.25) is 4.79 Å². The number of hydrogen-bond donors (Lipinski definition) is 0. The van der Waals surface area contributed by atoms with E-state index in [9.17, 15) is 4.79 Å². The molecule has 0 radical (unpaired) electrons. The lowest BCUT2D eigenvalue weighted by Crippen LogP contribution is -2.64. The van der Waals surface area contributed by atoms with E-state index in [0.717, 1.165) is 25.7 Å². The number of esters is 1. The minimum atomic E-state index is -0.360. The predicted octanol–water partition coefficient (Wildman–Crippen LogP) is 9.55. The van der Waals surface area contributed by atoms with Gasteiger partial charge >= 0.3 is 5.97 Å². The fourth-order valence-electron chi connectivity index (χ4n) is 11.8. The maximum atomic E-state index is 13.0. The average Bonchev–Trinajstić information content (AvgIpc) is 2.94. The van der Waals surface area contributed by atoms with E-state index in [2.05, 4.69) is 84.9 Å².